The van der Waals surface area contributed by atoms with E-state index in [1.165, 1.54) is 12.1 Å². The van der Waals surface area contributed by atoms with E-state index in [2.05, 4.69) is 10.6 Å². The molecule has 0 radical (unpaired) electrons. The van der Waals surface area contributed by atoms with Crippen molar-refractivity contribution in [2.24, 2.45) is 0 Å². The van der Waals surface area contributed by atoms with Crippen LogP contribution in [0.2, 0.25) is 0 Å². The summed E-state index contributed by atoms with van der Waals surface area (Å²) >= 11 is 0.990. The molecule has 1 aliphatic rings. The van der Waals surface area contributed by atoms with Gasteiger partial charge in [-0.15, -0.1) is 0 Å². The van der Waals surface area contributed by atoms with Crippen molar-refractivity contribution in [3.05, 3.63) is 65.5 Å². The van der Waals surface area contributed by atoms with Gasteiger partial charge in [0.2, 0.25) is 11.8 Å². The van der Waals surface area contributed by atoms with Gasteiger partial charge in [0.05, 0.1) is 11.7 Å². The van der Waals surface area contributed by atoms with Gasteiger partial charge in [0.25, 0.3) is 5.24 Å². The summed E-state index contributed by atoms with van der Waals surface area (Å²) in [5.74, 6) is -0.807. The molecule has 0 aliphatic carbocycles. The van der Waals surface area contributed by atoms with Gasteiger partial charge in [0, 0.05) is 5.69 Å². The number of benzene rings is 2. The van der Waals surface area contributed by atoms with Crippen molar-refractivity contribution >= 4 is 34.5 Å². The lowest BCUT2D eigenvalue weighted by Crippen LogP contribution is -2.25. The van der Waals surface area contributed by atoms with Crippen molar-refractivity contribution in [1.82, 2.24) is 5.32 Å². The lowest BCUT2D eigenvalue weighted by Gasteiger charge is -2.08. The summed E-state index contributed by atoms with van der Waals surface area (Å²) in [5, 5.41) is 4.30. The molecule has 0 spiro atoms. The van der Waals surface area contributed by atoms with E-state index in [4.69, 9.17) is 0 Å². The predicted octanol–water partition coefficient (Wildman–Crippen LogP) is 2.90. The van der Waals surface area contributed by atoms with Crippen molar-refractivity contribution in [2.45, 2.75) is 18.1 Å². The predicted molar refractivity (Wildman–Crippen MR) is 93.8 cm³/mol. The Labute approximate surface area is 148 Å². The summed E-state index contributed by atoms with van der Waals surface area (Å²) in [4.78, 5) is 34.7. The van der Waals surface area contributed by atoms with E-state index in [1.807, 2.05) is 12.1 Å². The highest BCUT2D eigenvalue weighted by Crippen LogP contribution is 2.23. The topological polar surface area (TPSA) is 75.3 Å². The Morgan fingerprint density at radius 3 is 2.28 bits per heavy atom. The second kappa shape index (κ2) is 7.48. The number of anilines is 1. The largest absolute Gasteiger partial charge is 0.326 e. The monoisotopic (exact) mass is 358 g/mol. The molecule has 3 rings (SSSR count). The molecule has 5 nitrogen and oxygen atoms in total. The Morgan fingerprint density at radius 1 is 1.04 bits per heavy atom. The maximum absolute atomic E-state index is 12.9. The number of nitrogens with one attached hydrogen (secondary N) is 2. The quantitative estimate of drug-likeness (QED) is 0.862. The molecular formula is C18H15FN2O3S. The summed E-state index contributed by atoms with van der Waals surface area (Å²) in [6.45, 7) is 0. The van der Waals surface area contributed by atoms with Gasteiger partial charge in [0.1, 0.15) is 5.82 Å². The molecule has 0 aromatic heterocycles. The number of rotatable bonds is 5. The van der Waals surface area contributed by atoms with Crippen LogP contribution in [0.4, 0.5) is 14.9 Å². The van der Waals surface area contributed by atoms with Gasteiger partial charge < -0.3 is 5.32 Å². The van der Waals surface area contributed by atoms with Gasteiger partial charge in [-0.1, -0.05) is 36.0 Å². The van der Waals surface area contributed by atoms with Crippen molar-refractivity contribution in [2.75, 3.05) is 5.32 Å². The summed E-state index contributed by atoms with van der Waals surface area (Å²) in [6.07, 6.45) is 0.606. The number of halogens is 1. The minimum atomic E-state index is -0.411. The molecule has 3 amide bonds. The van der Waals surface area contributed by atoms with Gasteiger partial charge in [0.15, 0.2) is 0 Å². The summed E-state index contributed by atoms with van der Waals surface area (Å²) in [6, 6.07) is 12.9. The van der Waals surface area contributed by atoms with Crippen LogP contribution in [0.3, 0.4) is 0 Å². The summed E-state index contributed by atoms with van der Waals surface area (Å²) < 4.78 is 12.9. The van der Waals surface area contributed by atoms with Gasteiger partial charge in [-0.25, -0.2) is 4.39 Å². The number of hydrogen-bond donors (Lipinski definition) is 2. The smallest absolute Gasteiger partial charge is 0.286 e. The Morgan fingerprint density at radius 2 is 1.68 bits per heavy atom. The van der Waals surface area contributed by atoms with Gasteiger partial charge >= 0.3 is 0 Å². The lowest BCUT2D eigenvalue weighted by atomic mass is 10.1. The molecule has 1 fully saturated rings. The second-order valence-corrected chi connectivity index (χ2v) is 6.81. The first-order chi connectivity index (χ1) is 12.0. The van der Waals surface area contributed by atoms with E-state index in [9.17, 15) is 18.8 Å². The average Bonchev–Trinajstić information content (AvgIpc) is 2.89. The van der Waals surface area contributed by atoms with Crippen molar-refractivity contribution < 1.29 is 18.8 Å². The fourth-order valence-electron chi connectivity index (χ4n) is 2.46. The lowest BCUT2D eigenvalue weighted by molar-refractivity contribution is -0.119. The molecule has 0 bridgehead atoms. The molecule has 7 heteroatoms. The Hall–Kier alpha value is -2.67. The molecule has 2 N–H and O–H groups in total. The van der Waals surface area contributed by atoms with Gasteiger partial charge in [-0.05, 0) is 41.8 Å². The second-order valence-electron chi connectivity index (χ2n) is 5.64. The van der Waals surface area contributed by atoms with Crippen LogP contribution < -0.4 is 10.6 Å². The third-order valence-corrected chi connectivity index (χ3v) is 4.69. The van der Waals surface area contributed by atoms with E-state index in [1.54, 1.807) is 24.3 Å². The van der Waals surface area contributed by atoms with Crippen LogP contribution in [0.15, 0.2) is 48.5 Å². The van der Waals surface area contributed by atoms with Crippen molar-refractivity contribution in [3.63, 3.8) is 0 Å². The number of carbonyl (C=O) groups is 3. The average molecular weight is 358 g/mol. The Balaban J connectivity index is 1.55. The van der Waals surface area contributed by atoms with Crippen LogP contribution >= 0.6 is 11.8 Å². The third-order valence-electron chi connectivity index (χ3n) is 3.70. The fourth-order valence-corrected chi connectivity index (χ4v) is 3.32. The zero-order chi connectivity index (χ0) is 17.8. The van der Waals surface area contributed by atoms with Crippen molar-refractivity contribution in [1.29, 1.82) is 0 Å². The number of hydrogen-bond acceptors (Lipinski definition) is 4. The first kappa shape index (κ1) is 17.2. The normalized spacial score (nSPS) is 16.6. The highest BCUT2D eigenvalue weighted by Gasteiger charge is 2.31. The molecule has 1 saturated heterocycles. The van der Waals surface area contributed by atoms with E-state index in [0.29, 0.717) is 12.1 Å². The van der Waals surface area contributed by atoms with Gasteiger partial charge in [-0.3, -0.25) is 19.7 Å². The van der Waals surface area contributed by atoms with Crippen LogP contribution in [0.25, 0.3) is 0 Å². The summed E-state index contributed by atoms with van der Waals surface area (Å²) in [7, 11) is 0. The number of thioether (sulfide) groups is 1. The fraction of sp³-hybridized carbons (Fsp3) is 0.167. The zero-order valence-corrected chi connectivity index (χ0v) is 13.9. The van der Waals surface area contributed by atoms with Crippen LogP contribution in [0, 0.1) is 5.82 Å². The number of amides is 3. The maximum Gasteiger partial charge on any atom is 0.286 e. The van der Waals surface area contributed by atoms with Crippen molar-refractivity contribution in [3.8, 4) is 0 Å². The molecule has 2 aromatic rings. The molecule has 1 heterocycles. The number of imide groups is 1. The van der Waals surface area contributed by atoms with Crippen LogP contribution in [0.1, 0.15) is 11.1 Å². The van der Waals surface area contributed by atoms with E-state index < -0.39 is 5.25 Å². The minimum absolute atomic E-state index is 0.156. The van der Waals surface area contributed by atoms with E-state index in [-0.39, 0.29) is 29.3 Å². The van der Waals surface area contributed by atoms with E-state index >= 15 is 0 Å². The first-order valence-corrected chi connectivity index (χ1v) is 8.52. The van der Waals surface area contributed by atoms with Crippen LogP contribution in [0.5, 0.6) is 0 Å². The molecule has 25 heavy (non-hydrogen) atoms. The molecule has 1 unspecified atom stereocenters. The molecular weight excluding hydrogens is 343 g/mol. The van der Waals surface area contributed by atoms with Gasteiger partial charge in [-0.2, -0.15) is 0 Å². The summed E-state index contributed by atoms with van der Waals surface area (Å²) in [5.41, 5.74) is 2.26. The highest BCUT2D eigenvalue weighted by atomic mass is 32.2. The Bertz CT molecular complexity index is 806. The van der Waals surface area contributed by atoms with E-state index in [0.717, 1.165) is 22.9 Å². The van der Waals surface area contributed by atoms with Crippen LogP contribution in [-0.2, 0) is 22.4 Å². The standard InChI is InChI=1S/C18H15FN2O3S/c19-13-5-1-12(2-6-13)10-16(22)20-14-7-3-11(4-8-14)9-15-17(23)21-18(24)25-15/h1-8,15H,9-10H2,(H,20,22)(H,21,23,24). The molecule has 1 aliphatic heterocycles. The van der Waals surface area contributed by atoms with Crippen LogP contribution in [-0.4, -0.2) is 22.3 Å². The third kappa shape index (κ3) is 4.67. The minimum Gasteiger partial charge on any atom is -0.326 e. The maximum atomic E-state index is 12.9. The number of carbonyl (C=O) groups excluding carboxylic acids is 3. The Kier molecular flexibility index (Phi) is 5.14. The first-order valence-electron chi connectivity index (χ1n) is 7.64. The molecule has 2 aromatic carbocycles. The molecule has 1 atom stereocenters. The zero-order valence-electron chi connectivity index (χ0n) is 13.1. The SMILES string of the molecule is O=C(Cc1ccc(F)cc1)Nc1ccc(CC2SC(=O)NC2=O)cc1. The molecule has 0 saturated carbocycles. The molecule has 128 valence electrons. The highest BCUT2D eigenvalue weighted by molar-refractivity contribution is 8.15.